The van der Waals surface area contributed by atoms with E-state index in [-0.39, 0.29) is 29.6 Å². The highest BCUT2D eigenvalue weighted by atomic mass is 35.5. The van der Waals surface area contributed by atoms with Crippen molar-refractivity contribution < 1.29 is 14.4 Å². The minimum atomic E-state index is -0.275. The molecule has 0 spiro atoms. The van der Waals surface area contributed by atoms with Gasteiger partial charge in [0.1, 0.15) is 0 Å². The van der Waals surface area contributed by atoms with Gasteiger partial charge in [0.05, 0.1) is 17.5 Å². The topological polar surface area (TPSA) is 66.5 Å². The maximum Gasteiger partial charge on any atom is 0.255 e. The molecule has 1 saturated heterocycles. The molecule has 0 aromatic heterocycles. The molecule has 2 bridgehead atoms. The van der Waals surface area contributed by atoms with E-state index in [9.17, 15) is 14.4 Å². The van der Waals surface area contributed by atoms with E-state index in [0.717, 1.165) is 19.3 Å². The van der Waals surface area contributed by atoms with Gasteiger partial charge in [0.15, 0.2) is 0 Å². The van der Waals surface area contributed by atoms with E-state index in [1.165, 1.54) is 4.90 Å². The van der Waals surface area contributed by atoms with Crippen molar-refractivity contribution in [1.29, 1.82) is 0 Å². The van der Waals surface area contributed by atoms with Crippen molar-refractivity contribution in [2.24, 2.45) is 23.7 Å². The first-order chi connectivity index (χ1) is 13.5. The normalized spacial score (nSPS) is 28.0. The van der Waals surface area contributed by atoms with Crippen LogP contribution in [0.1, 0.15) is 29.6 Å². The third kappa shape index (κ3) is 2.65. The van der Waals surface area contributed by atoms with Gasteiger partial charge in [0.2, 0.25) is 11.8 Å². The molecule has 3 fully saturated rings. The van der Waals surface area contributed by atoms with Crippen molar-refractivity contribution in [3.63, 3.8) is 0 Å². The van der Waals surface area contributed by atoms with Gasteiger partial charge in [-0.15, -0.1) is 0 Å². The van der Waals surface area contributed by atoms with Crippen LogP contribution in [0.3, 0.4) is 0 Å². The molecule has 3 aliphatic rings. The maximum absolute atomic E-state index is 12.9. The summed E-state index contributed by atoms with van der Waals surface area (Å²) in [6.07, 6.45) is 3.13. The lowest BCUT2D eigenvalue weighted by Crippen LogP contribution is -2.32. The van der Waals surface area contributed by atoms with Gasteiger partial charge in [0.25, 0.3) is 5.91 Å². The number of nitrogens with zero attached hydrogens (tertiary/aromatic N) is 1. The number of rotatable bonds is 3. The highest BCUT2D eigenvalue weighted by molar-refractivity contribution is 6.31. The summed E-state index contributed by atoms with van der Waals surface area (Å²) in [5, 5.41) is 3.33. The van der Waals surface area contributed by atoms with Crippen molar-refractivity contribution in [1.82, 2.24) is 0 Å². The lowest BCUT2D eigenvalue weighted by molar-refractivity contribution is -0.123. The molecule has 0 unspecified atom stereocenters. The van der Waals surface area contributed by atoms with Crippen molar-refractivity contribution >= 4 is 40.7 Å². The van der Waals surface area contributed by atoms with Crippen LogP contribution in [0.2, 0.25) is 5.02 Å². The van der Waals surface area contributed by atoms with E-state index in [0.29, 0.717) is 33.8 Å². The van der Waals surface area contributed by atoms with Crippen LogP contribution in [0.4, 0.5) is 11.4 Å². The molecule has 2 saturated carbocycles. The van der Waals surface area contributed by atoms with Crippen molar-refractivity contribution in [2.75, 3.05) is 10.2 Å². The summed E-state index contributed by atoms with van der Waals surface area (Å²) in [5.41, 5.74) is 1.60. The largest absolute Gasteiger partial charge is 0.322 e. The average molecular weight is 395 g/mol. The Bertz CT molecular complexity index is 960. The van der Waals surface area contributed by atoms with Crippen molar-refractivity contribution in [3.8, 4) is 0 Å². The summed E-state index contributed by atoms with van der Waals surface area (Å²) in [7, 11) is 0. The summed E-state index contributed by atoms with van der Waals surface area (Å²) >= 11 is 5.94. The Balaban J connectivity index is 1.35. The second-order valence-electron chi connectivity index (χ2n) is 7.91. The fourth-order valence-corrected chi connectivity index (χ4v) is 5.38. The van der Waals surface area contributed by atoms with Crippen LogP contribution in [0.25, 0.3) is 0 Å². The van der Waals surface area contributed by atoms with Crippen LogP contribution in [-0.2, 0) is 9.59 Å². The number of carbonyl (C=O) groups is 3. The molecule has 28 heavy (non-hydrogen) atoms. The first-order valence-electron chi connectivity index (χ1n) is 9.58. The quantitative estimate of drug-likeness (QED) is 0.796. The molecule has 2 aromatic carbocycles. The van der Waals surface area contributed by atoms with Crippen molar-refractivity contribution in [2.45, 2.75) is 19.3 Å². The monoisotopic (exact) mass is 394 g/mol. The maximum atomic E-state index is 12.9. The van der Waals surface area contributed by atoms with Gasteiger partial charge in [0, 0.05) is 16.3 Å². The van der Waals surface area contributed by atoms with Gasteiger partial charge in [-0.2, -0.15) is 0 Å². The molecule has 0 radical (unpaired) electrons. The minimum absolute atomic E-state index is 0.0710. The smallest absolute Gasteiger partial charge is 0.255 e. The Kier molecular flexibility index (Phi) is 4.02. The first-order valence-corrected chi connectivity index (χ1v) is 9.95. The van der Waals surface area contributed by atoms with Crippen LogP contribution in [0.5, 0.6) is 0 Å². The third-order valence-corrected chi connectivity index (χ3v) is 6.63. The van der Waals surface area contributed by atoms with Crippen LogP contribution in [0, 0.1) is 23.7 Å². The van der Waals surface area contributed by atoms with Gasteiger partial charge in [-0.3, -0.25) is 19.3 Å². The van der Waals surface area contributed by atoms with Crippen molar-refractivity contribution in [3.05, 3.63) is 59.1 Å². The second-order valence-corrected chi connectivity index (χ2v) is 8.34. The number of halogens is 1. The number of nitrogens with one attached hydrogen (secondary N) is 1. The predicted octanol–water partition coefficient (Wildman–Crippen LogP) is 4.13. The summed E-state index contributed by atoms with van der Waals surface area (Å²) in [6.45, 7) is 0. The molecule has 142 valence electrons. The van der Waals surface area contributed by atoms with Crippen LogP contribution in [0.15, 0.2) is 48.5 Å². The Labute approximate surface area is 167 Å². The highest BCUT2D eigenvalue weighted by Crippen LogP contribution is 2.56. The SMILES string of the molecule is O=C(Nc1cccc(Cl)c1)c1ccc(N2C(=O)[C@@H]3[C@@H]4CC[C@H](C4)[C@@H]3C2=O)cc1. The van der Waals surface area contributed by atoms with Gasteiger partial charge in [-0.1, -0.05) is 17.7 Å². The first kappa shape index (κ1) is 17.4. The average Bonchev–Trinajstić information content (AvgIpc) is 3.36. The molecule has 2 aromatic rings. The molecule has 3 amide bonds. The Morgan fingerprint density at radius 1 is 0.964 bits per heavy atom. The standard InChI is InChI=1S/C22H19ClN2O3/c23-15-2-1-3-16(11-15)24-20(26)12-6-8-17(9-7-12)25-21(27)18-13-4-5-14(10-13)19(18)22(25)28/h1-3,6-9,11,13-14,18-19H,4-5,10H2,(H,24,26)/t13-,14-,18-,19+/m1/s1. The van der Waals surface area contributed by atoms with E-state index >= 15 is 0 Å². The lowest BCUT2D eigenvalue weighted by atomic mass is 9.81. The van der Waals surface area contributed by atoms with Crippen LogP contribution in [-0.4, -0.2) is 17.7 Å². The lowest BCUT2D eigenvalue weighted by Gasteiger charge is -2.19. The molecular formula is C22H19ClN2O3. The molecular weight excluding hydrogens is 376 g/mol. The Hall–Kier alpha value is -2.66. The zero-order valence-electron chi connectivity index (χ0n) is 15.1. The van der Waals surface area contributed by atoms with E-state index in [1.807, 2.05) is 0 Å². The molecule has 1 aliphatic heterocycles. The number of benzene rings is 2. The molecule has 5 rings (SSSR count). The zero-order valence-corrected chi connectivity index (χ0v) is 15.9. The molecule has 1 heterocycles. The summed E-state index contributed by atoms with van der Waals surface area (Å²) < 4.78 is 0. The number of imide groups is 1. The van der Waals surface area contributed by atoms with Crippen LogP contribution < -0.4 is 10.2 Å². The number of hydrogen-bond acceptors (Lipinski definition) is 3. The predicted molar refractivity (Wildman–Crippen MR) is 106 cm³/mol. The highest BCUT2D eigenvalue weighted by Gasteiger charge is 2.61. The molecule has 5 nitrogen and oxygen atoms in total. The van der Waals surface area contributed by atoms with E-state index in [2.05, 4.69) is 5.32 Å². The molecule has 6 heteroatoms. The van der Waals surface area contributed by atoms with Gasteiger partial charge in [-0.25, -0.2) is 0 Å². The Morgan fingerprint density at radius 2 is 1.61 bits per heavy atom. The summed E-state index contributed by atoms with van der Waals surface area (Å²) in [6, 6.07) is 13.5. The molecule has 4 atom stereocenters. The fraction of sp³-hybridized carbons (Fsp3) is 0.318. The summed E-state index contributed by atoms with van der Waals surface area (Å²) in [4.78, 5) is 39.6. The van der Waals surface area contributed by atoms with E-state index in [1.54, 1.807) is 48.5 Å². The third-order valence-electron chi connectivity index (χ3n) is 6.40. The van der Waals surface area contributed by atoms with Gasteiger partial charge in [-0.05, 0) is 73.6 Å². The molecule has 1 N–H and O–H groups in total. The number of amides is 3. The van der Waals surface area contributed by atoms with Gasteiger partial charge < -0.3 is 5.32 Å². The summed E-state index contributed by atoms with van der Waals surface area (Å²) in [5.74, 6) is 0.0203. The number of fused-ring (bicyclic) bond motifs is 5. The van der Waals surface area contributed by atoms with Gasteiger partial charge >= 0.3 is 0 Å². The minimum Gasteiger partial charge on any atom is -0.322 e. The molecule has 2 aliphatic carbocycles. The number of anilines is 2. The van der Waals surface area contributed by atoms with E-state index < -0.39 is 0 Å². The zero-order chi connectivity index (χ0) is 19.4. The van der Waals surface area contributed by atoms with Crippen LogP contribution >= 0.6 is 11.6 Å². The number of carbonyl (C=O) groups excluding carboxylic acids is 3. The fourth-order valence-electron chi connectivity index (χ4n) is 5.19. The van der Waals surface area contributed by atoms with E-state index in [4.69, 9.17) is 11.6 Å². The second kappa shape index (κ2) is 6.45. The number of hydrogen-bond donors (Lipinski definition) is 1. The Morgan fingerprint density at radius 3 is 2.21 bits per heavy atom.